The van der Waals surface area contributed by atoms with Crippen molar-refractivity contribution in [3.8, 4) is 5.75 Å². The van der Waals surface area contributed by atoms with Crippen LogP contribution in [0.4, 0.5) is 0 Å². The van der Waals surface area contributed by atoms with E-state index in [1.165, 1.54) is 11.1 Å². The van der Waals surface area contributed by atoms with Crippen LogP contribution in [-0.2, 0) is 13.0 Å². The molecule has 1 aromatic carbocycles. The molecule has 0 aromatic heterocycles. The first-order valence-corrected chi connectivity index (χ1v) is 6.85. The van der Waals surface area contributed by atoms with Crippen molar-refractivity contribution < 1.29 is 4.74 Å². The van der Waals surface area contributed by atoms with Crippen LogP contribution in [0.25, 0.3) is 0 Å². The van der Waals surface area contributed by atoms with E-state index in [4.69, 9.17) is 27.9 Å². The van der Waals surface area contributed by atoms with E-state index in [1.807, 2.05) is 12.1 Å². The van der Waals surface area contributed by atoms with Crippen molar-refractivity contribution in [1.82, 2.24) is 5.32 Å². The minimum atomic E-state index is 0.355. The summed E-state index contributed by atoms with van der Waals surface area (Å²) >= 11 is 12.1. The predicted molar refractivity (Wildman–Crippen MR) is 70.2 cm³/mol. The molecule has 0 spiro atoms. The number of rotatable bonds is 3. The first-order valence-electron chi connectivity index (χ1n) is 6.04. The fourth-order valence-corrected chi connectivity index (χ4v) is 3.14. The Kier molecular flexibility index (Phi) is 3.20. The lowest BCUT2D eigenvalue weighted by Gasteiger charge is -2.31. The Balaban J connectivity index is 1.70. The van der Waals surface area contributed by atoms with E-state index in [0.717, 1.165) is 43.2 Å². The summed E-state index contributed by atoms with van der Waals surface area (Å²) in [7, 11) is 0. The lowest BCUT2D eigenvalue weighted by Crippen LogP contribution is -2.41. The molecule has 17 heavy (non-hydrogen) atoms. The van der Waals surface area contributed by atoms with Crippen molar-refractivity contribution in [3.05, 3.63) is 28.3 Å². The van der Waals surface area contributed by atoms with Crippen LogP contribution in [-0.4, -0.2) is 18.0 Å². The fourth-order valence-electron chi connectivity index (χ4n) is 2.45. The number of ether oxygens (including phenoxy) is 1. The van der Waals surface area contributed by atoms with Gasteiger partial charge in [-0.2, -0.15) is 0 Å². The van der Waals surface area contributed by atoms with Gasteiger partial charge in [-0.1, -0.05) is 11.6 Å². The highest BCUT2D eigenvalue weighted by atomic mass is 35.5. The Morgan fingerprint density at radius 2 is 2.18 bits per heavy atom. The summed E-state index contributed by atoms with van der Waals surface area (Å²) in [5, 5.41) is 4.66. The fraction of sp³-hybridized carbons (Fsp3) is 0.538. The van der Waals surface area contributed by atoms with E-state index in [9.17, 15) is 0 Å². The van der Waals surface area contributed by atoms with Crippen molar-refractivity contribution in [2.24, 2.45) is 0 Å². The van der Waals surface area contributed by atoms with Crippen LogP contribution in [0, 0.1) is 0 Å². The summed E-state index contributed by atoms with van der Waals surface area (Å²) in [4.78, 5) is 0. The zero-order chi connectivity index (χ0) is 11.8. The van der Waals surface area contributed by atoms with Gasteiger partial charge in [-0.05, 0) is 30.5 Å². The molecule has 1 N–H and O–H groups in total. The van der Waals surface area contributed by atoms with Crippen LogP contribution >= 0.6 is 23.2 Å². The molecule has 0 amide bonds. The van der Waals surface area contributed by atoms with E-state index >= 15 is 0 Å². The number of fused-ring (bicyclic) bond motifs is 1. The van der Waals surface area contributed by atoms with Crippen LogP contribution in [0.1, 0.15) is 24.0 Å². The van der Waals surface area contributed by atoms with Gasteiger partial charge in [-0.25, -0.2) is 0 Å². The van der Waals surface area contributed by atoms with E-state index in [1.54, 1.807) is 0 Å². The highest BCUT2D eigenvalue weighted by molar-refractivity contribution is 6.30. The number of hydrogen-bond donors (Lipinski definition) is 1. The molecule has 0 radical (unpaired) electrons. The van der Waals surface area contributed by atoms with Crippen LogP contribution < -0.4 is 10.1 Å². The second kappa shape index (κ2) is 4.68. The van der Waals surface area contributed by atoms with Gasteiger partial charge in [-0.15, -0.1) is 11.6 Å². The lowest BCUT2D eigenvalue weighted by molar-refractivity contribution is 0.333. The second-order valence-electron chi connectivity index (χ2n) is 4.80. The maximum absolute atomic E-state index is 6.11. The first-order chi connectivity index (χ1) is 8.22. The van der Waals surface area contributed by atoms with Crippen LogP contribution in [0.3, 0.4) is 0 Å². The third-order valence-corrected chi connectivity index (χ3v) is 4.06. The molecule has 3 rings (SSSR count). The van der Waals surface area contributed by atoms with Crippen molar-refractivity contribution in [2.45, 2.75) is 37.2 Å². The van der Waals surface area contributed by atoms with Gasteiger partial charge in [0.25, 0.3) is 0 Å². The second-order valence-corrected chi connectivity index (χ2v) is 5.85. The average Bonchev–Trinajstić information content (AvgIpc) is 2.70. The third kappa shape index (κ3) is 2.40. The molecular formula is C13H15Cl2NO. The van der Waals surface area contributed by atoms with Crippen molar-refractivity contribution in [1.29, 1.82) is 0 Å². The topological polar surface area (TPSA) is 21.3 Å². The minimum absolute atomic E-state index is 0.355. The Morgan fingerprint density at radius 1 is 1.35 bits per heavy atom. The molecule has 0 atom stereocenters. The summed E-state index contributed by atoms with van der Waals surface area (Å²) in [5.41, 5.74) is 2.40. The number of alkyl halides is 1. The Bertz CT molecular complexity index is 430. The molecule has 0 bridgehead atoms. The van der Waals surface area contributed by atoms with Crippen molar-refractivity contribution in [2.75, 3.05) is 6.61 Å². The zero-order valence-electron chi connectivity index (χ0n) is 9.51. The van der Waals surface area contributed by atoms with Gasteiger partial charge in [0, 0.05) is 35.0 Å². The molecule has 1 heterocycles. The molecule has 1 aliphatic carbocycles. The summed E-state index contributed by atoms with van der Waals surface area (Å²) < 4.78 is 5.66. The van der Waals surface area contributed by atoms with Gasteiger partial charge < -0.3 is 10.1 Å². The quantitative estimate of drug-likeness (QED) is 0.853. The summed E-state index contributed by atoms with van der Waals surface area (Å²) in [6, 6.07) is 4.55. The maximum Gasteiger partial charge on any atom is 0.127 e. The van der Waals surface area contributed by atoms with E-state index in [2.05, 4.69) is 5.32 Å². The van der Waals surface area contributed by atoms with E-state index in [0.29, 0.717) is 11.4 Å². The Labute approximate surface area is 111 Å². The standard InChI is InChI=1S/C13H15Cl2NO/c14-10-3-8-1-2-17-13(8)9(4-10)7-16-12-5-11(15)6-12/h3-4,11-12,16H,1-2,5-7H2. The molecule has 0 unspecified atom stereocenters. The van der Waals surface area contributed by atoms with Gasteiger partial charge in [0.1, 0.15) is 5.75 Å². The van der Waals surface area contributed by atoms with Crippen LogP contribution in [0.15, 0.2) is 12.1 Å². The van der Waals surface area contributed by atoms with Gasteiger partial charge in [0.2, 0.25) is 0 Å². The van der Waals surface area contributed by atoms with Crippen molar-refractivity contribution in [3.63, 3.8) is 0 Å². The molecule has 2 nitrogen and oxygen atoms in total. The van der Waals surface area contributed by atoms with Crippen LogP contribution in [0.2, 0.25) is 5.02 Å². The van der Waals surface area contributed by atoms with E-state index < -0.39 is 0 Å². The SMILES string of the molecule is Clc1cc2c(c(CNC3CC(Cl)C3)c1)OCC2. The first kappa shape index (κ1) is 11.6. The number of benzene rings is 1. The highest BCUT2D eigenvalue weighted by Gasteiger charge is 2.27. The lowest BCUT2D eigenvalue weighted by atomic mass is 9.92. The molecular weight excluding hydrogens is 257 g/mol. The highest BCUT2D eigenvalue weighted by Crippen LogP contribution is 2.33. The summed E-state index contributed by atoms with van der Waals surface area (Å²) in [5.74, 6) is 1.03. The van der Waals surface area contributed by atoms with E-state index in [-0.39, 0.29) is 0 Å². The summed E-state index contributed by atoms with van der Waals surface area (Å²) in [6.07, 6.45) is 3.09. The third-order valence-electron chi connectivity index (χ3n) is 3.49. The molecule has 1 aliphatic heterocycles. The molecule has 1 fully saturated rings. The van der Waals surface area contributed by atoms with Gasteiger partial charge in [0.15, 0.2) is 0 Å². The molecule has 0 saturated heterocycles. The normalized spacial score (nSPS) is 26.2. The largest absolute Gasteiger partial charge is 0.493 e. The Morgan fingerprint density at radius 3 is 2.94 bits per heavy atom. The van der Waals surface area contributed by atoms with Gasteiger partial charge in [-0.3, -0.25) is 0 Å². The minimum Gasteiger partial charge on any atom is -0.493 e. The number of nitrogens with one attached hydrogen (secondary N) is 1. The molecule has 92 valence electrons. The maximum atomic E-state index is 6.11. The van der Waals surface area contributed by atoms with Gasteiger partial charge >= 0.3 is 0 Å². The van der Waals surface area contributed by atoms with Crippen LogP contribution in [0.5, 0.6) is 5.75 Å². The van der Waals surface area contributed by atoms with Crippen molar-refractivity contribution >= 4 is 23.2 Å². The molecule has 4 heteroatoms. The number of hydrogen-bond acceptors (Lipinski definition) is 2. The average molecular weight is 272 g/mol. The Hall–Kier alpha value is -0.440. The summed E-state index contributed by atoms with van der Waals surface area (Å²) in [6.45, 7) is 1.59. The van der Waals surface area contributed by atoms with Gasteiger partial charge in [0.05, 0.1) is 6.61 Å². The monoisotopic (exact) mass is 271 g/mol. The molecule has 1 saturated carbocycles. The zero-order valence-corrected chi connectivity index (χ0v) is 11.0. The smallest absolute Gasteiger partial charge is 0.127 e. The number of halogens is 2. The molecule has 1 aromatic rings. The predicted octanol–water partition coefficient (Wildman–Crippen LogP) is 3.13. The molecule has 2 aliphatic rings.